The minimum absolute atomic E-state index is 0.164. The maximum atomic E-state index is 12.0. The molecule has 0 unspecified atom stereocenters. The zero-order valence-electron chi connectivity index (χ0n) is 23.9. The van der Waals surface area contributed by atoms with E-state index in [4.69, 9.17) is 9.47 Å². The first-order valence-corrected chi connectivity index (χ1v) is 14.8. The highest BCUT2D eigenvalue weighted by Gasteiger charge is 2.47. The van der Waals surface area contributed by atoms with Gasteiger partial charge in [-0.05, 0) is 69.5 Å². The summed E-state index contributed by atoms with van der Waals surface area (Å²) in [7, 11) is 0. The van der Waals surface area contributed by atoms with Crippen LogP contribution < -0.4 is 5.32 Å². The molecule has 40 heavy (non-hydrogen) atoms. The lowest BCUT2D eigenvalue weighted by atomic mass is 9.72. The van der Waals surface area contributed by atoms with Crippen molar-refractivity contribution >= 4 is 12.2 Å². The second-order valence-corrected chi connectivity index (χ2v) is 12.0. The Morgan fingerprint density at radius 3 is 1.55 bits per heavy atom. The Bertz CT molecular complexity index is 1080. The number of nitrogens with zero attached hydrogens (tertiary/aromatic N) is 3. The molecule has 2 aromatic carbocycles. The fraction of sp³-hybridized carbons (Fsp3) is 0.562. The predicted molar refractivity (Wildman–Crippen MR) is 155 cm³/mol. The van der Waals surface area contributed by atoms with E-state index in [1.807, 2.05) is 70.5 Å². The smallest absolute Gasteiger partial charge is 0.410 e. The van der Waals surface area contributed by atoms with E-state index in [-0.39, 0.29) is 12.2 Å². The highest BCUT2D eigenvalue weighted by atomic mass is 16.6. The molecule has 0 saturated carbocycles. The molecule has 2 spiro atoms. The molecule has 4 saturated heterocycles. The normalized spacial score (nSPS) is 21.0. The first-order valence-electron chi connectivity index (χ1n) is 14.8. The molecular weight excluding hydrogens is 504 g/mol. The van der Waals surface area contributed by atoms with Gasteiger partial charge in [-0.2, -0.15) is 0 Å². The van der Waals surface area contributed by atoms with Crippen LogP contribution in [0.15, 0.2) is 60.7 Å². The number of carbonyl (C=O) groups excluding carboxylic acids is 2. The molecule has 216 valence electrons. The van der Waals surface area contributed by atoms with Gasteiger partial charge < -0.3 is 29.5 Å². The van der Waals surface area contributed by atoms with E-state index in [0.717, 1.165) is 56.9 Å². The number of hydrogen-bond donors (Lipinski definition) is 1. The highest BCUT2D eigenvalue weighted by molar-refractivity contribution is 5.69. The Hall–Kier alpha value is -3.10. The summed E-state index contributed by atoms with van der Waals surface area (Å²) in [5.74, 6) is 0. The zero-order chi connectivity index (χ0) is 27.8. The second-order valence-electron chi connectivity index (χ2n) is 12.0. The topological polar surface area (TPSA) is 74.3 Å². The van der Waals surface area contributed by atoms with Gasteiger partial charge in [0.05, 0.1) is 0 Å². The van der Waals surface area contributed by atoms with Crippen LogP contribution >= 0.6 is 0 Å². The Kier molecular flexibility index (Phi) is 9.27. The van der Waals surface area contributed by atoms with Gasteiger partial charge in [-0.15, -0.1) is 0 Å². The number of carbonyl (C=O) groups is 2. The first kappa shape index (κ1) is 28.4. The third-order valence-corrected chi connectivity index (χ3v) is 9.06. The average molecular weight is 549 g/mol. The van der Waals surface area contributed by atoms with Crippen molar-refractivity contribution in [2.45, 2.75) is 45.8 Å². The van der Waals surface area contributed by atoms with Gasteiger partial charge in [0, 0.05) is 37.0 Å². The van der Waals surface area contributed by atoms with Crippen molar-refractivity contribution in [1.82, 2.24) is 20.0 Å². The third kappa shape index (κ3) is 7.15. The van der Waals surface area contributed by atoms with E-state index >= 15 is 0 Å². The highest BCUT2D eigenvalue weighted by Crippen LogP contribution is 2.41. The number of amides is 2. The molecule has 0 radical (unpaired) electrons. The number of benzene rings is 2. The van der Waals surface area contributed by atoms with Crippen LogP contribution in [-0.4, -0.2) is 85.8 Å². The molecule has 0 bridgehead atoms. The van der Waals surface area contributed by atoms with E-state index in [0.29, 0.717) is 24.0 Å². The van der Waals surface area contributed by atoms with Crippen molar-refractivity contribution in [3.8, 4) is 0 Å². The quantitative estimate of drug-likeness (QED) is 0.582. The van der Waals surface area contributed by atoms with Crippen molar-refractivity contribution in [2.24, 2.45) is 10.8 Å². The summed E-state index contributed by atoms with van der Waals surface area (Å²) in [5.41, 5.74) is 2.82. The van der Waals surface area contributed by atoms with Gasteiger partial charge in [-0.25, -0.2) is 9.59 Å². The number of likely N-dealkylation sites (tertiary alicyclic amines) is 3. The largest absolute Gasteiger partial charge is 0.445 e. The molecule has 8 heteroatoms. The van der Waals surface area contributed by atoms with Crippen molar-refractivity contribution in [1.29, 1.82) is 0 Å². The average Bonchev–Trinajstić information content (AvgIpc) is 2.98. The van der Waals surface area contributed by atoms with E-state index in [9.17, 15) is 9.59 Å². The molecule has 4 aliphatic heterocycles. The molecular formula is C32H44N4O4. The van der Waals surface area contributed by atoms with Crippen LogP contribution in [0.4, 0.5) is 9.59 Å². The molecule has 0 aliphatic carbocycles. The lowest BCUT2D eigenvalue weighted by Crippen LogP contribution is -2.61. The molecule has 0 aromatic heterocycles. The molecule has 8 nitrogen and oxygen atoms in total. The number of hydrogen-bond acceptors (Lipinski definition) is 6. The van der Waals surface area contributed by atoms with E-state index < -0.39 is 0 Å². The van der Waals surface area contributed by atoms with Crippen LogP contribution in [0.25, 0.3) is 0 Å². The van der Waals surface area contributed by atoms with Crippen LogP contribution in [0, 0.1) is 10.8 Å². The second kappa shape index (κ2) is 13.0. The predicted octanol–water partition coefficient (Wildman–Crippen LogP) is 4.75. The maximum absolute atomic E-state index is 12.0. The maximum Gasteiger partial charge on any atom is 0.410 e. The fourth-order valence-corrected chi connectivity index (χ4v) is 6.34. The van der Waals surface area contributed by atoms with Crippen LogP contribution in [0.1, 0.15) is 43.7 Å². The summed E-state index contributed by atoms with van der Waals surface area (Å²) < 4.78 is 10.7. The standard InChI is InChI=1S/C17H24N2O2.C15H20N2O2/c1-2-18-10-8-17(9-11-18)13-19(14-17)16(20)21-12-15-6-4-3-5-7-15;18-14(19-10-13-4-2-1-3-5-13)17-11-15(12-17)6-8-16-9-7-15/h3-7H,2,8-14H2,1H3;1-5,16H,6-12H2. The van der Waals surface area contributed by atoms with Gasteiger partial charge in [0.15, 0.2) is 0 Å². The molecule has 4 heterocycles. The zero-order valence-corrected chi connectivity index (χ0v) is 23.9. The van der Waals surface area contributed by atoms with Gasteiger partial charge in [-0.1, -0.05) is 67.6 Å². The van der Waals surface area contributed by atoms with E-state index in [1.165, 1.54) is 38.8 Å². The lowest BCUT2D eigenvalue weighted by molar-refractivity contribution is -0.0421. The number of nitrogens with one attached hydrogen (secondary N) is 1. The molecule has 2 aromatic rings. The van der Waals surface area contributed by atoms with Crippen molar-refractivity contribution in [3.63, 3.8) is 0 Å². The van der Waals surface area contributed by atoms with Crippen molar-refractivity contribution in [2.75, 3.05) is 58.9 Å². The van der Waals surface area contributed by atoms with E-state index in [2.05, 4.69) is 17.1 Å². The van der Waals surface area contributed by atoms with Gasteiger partial charge in [0.2, 0.25) is 0 Å². The summed E-state index contributed by atoms with van der Waals surface area (Å²) in [6.45, 7) is 12.1. The van der Waals surface area contributed by atoms with Gasteiger partial charge in [0.25, 0.3) is 0 Å². The summed E-state index contributed by atoms with van der Waals surface area (Å²) in [5, 5.41) is 3.36. The van der Waals surface area contributed by atoms with Crippen LogP contribution in [-0.2, 0) is 22.7 Å². The molecule has 6 rings (SSSR count). The number of ether oxygens (including phenoxy) is 2. The lowest BCUT2D eigenvalue weighted by Gasteiger charge is -2.53. The summed E-state index contributed by atoms with van der Waals surface area (Å²) in [6, 6.07) is 19.7. The molecule has 1 N–H and O–H groups in total. The SMILES string of the molecule is CCN1CCC2(CC1)CN(C(=O)OCc1ccccc1)C2.O=C(OCc1ccccc1)N1CC2(CCNCC2)C1. The van der Waals surface area contributed by atoms with Crippen molar-refractivity contribution < 1.29 is 19.1 Å². The summed E-state index contributed by atoms with van der Waals surface area (Å²) in [4.78, 5) is 30.1. The van der Waals surface area contributed by atoms with E-state index in [1.54, 1.807) is 0 Å². The van der Waals surface area contributed by atoms with Crippen LogP contribution in [0.3, 0.4) is 0 Å². The molecule has 4 fully saturated rings. The number of rotatable bonds is 5. The van der Waals surface area contributed by atoms with Gasteiger partial charge in [0.1, 0.15) is 13.2 Å². The minimum atomic E-state index is -0.173. The third-order valence-electron chi connectivity index (χ3n) is 9.06. The Morgan fingerprint density at radius 2 is 1.12 bits per heavy atom. The van der Waals surface area contributed by atoms with Gasteiger partial charge >= 0.3 is 12.2 Å². The van der Waals surface area contributed by atoms with Crippen LogP contribution in [0.5, 0.6) is 0 Å². The van der Waals surface area contributed by atoms with Gasteiger partial charge in [-0.3, -0.25) is 0 Å². The molecule has 4 aliphatic rings. The number of piperidine rings is 2. The molecule has 2 amide bonds. The minimum Gasteiger partial charge on any atom is -0.445 e. The molecule has 0 atom stereocenters. The first-order chi connectivity index (χ1) is 19.5. The fourth-order valence-electron chi connectivity index (χ4n) is 6.34. The Balaban J connectivity index is 0.000000162. The summed E-state index contributed by atoms with van der Waals surface area (Å²) >= 11 is 0. The monoisotopic (exact) mass is 548 g/mol. The summed E-state index contributed by atoms with van der Waals surface area (Å²) in [6.07, 6.45) is 4.44. The Morgan fingerprint density at radius 1 is 0.700 bits per heavy atom. The Labute approximate surface area is 238 Å². The van der Waals surface area contributed by atoms with Crippen LogP contribution in [0.2, 0.25) is 0 Å². The van der Waals surface area contributed by atoms with Crippen molar-refractivity contribution in [3.05, 3.63) is 71.8 Å².